The van der Waals surface area contributed by atoms with Crippen molar-refractivity contribution in [3.05, 3.63) is 11.4 Å². The van der Waals surface area contributed by atoms with Crippen molar-refractivity contribution in [3.8, 4) is 0 Å². The number of carbonyl (C=O) groups excluding carboxylic acids is 1. The lowest BCUT2D eigenvalue weighted by molar-refractivity contribution is -0.119. The van der Waals surface area contributed by atoms with Gasteiger partial charge < -0.3 is 10.2 Å². The van der Waals surface area contributed by atoms with Gasteiger partial charge in [0.15, 0.2) is 0 Å². The van der Waals surface area contributed by atoms with Crippen LogP contribution < -0.4 is 5.32 Å². The summed E-state index contributed by atoms with van der Waals surface area (Å²) in [4.78, 5) is 13.6. The number of nitrogens with one attached hydrogen (secondary N) is 1. The standard InChI is InChI=1S/C16H29N5O3S/c1-11-16(12(2)20(6)18-11)25(23,24)21-8-7-14(9-17-13(3)22)15(10-21)19(4)5/h14-15H,7-10H2,1-6H3,(H,17,22)/t14-,15-/m1/s1. The second-order valence-electron chi connectivity index (χ2n) is 7.00. The summed E-state index contributed by atoms with van der Waals surface area (Å²) in [6.45, 7) is 6.43. The predicted octanol–water partition coefficient (Wildman–Crippen LogP) is 0.114. The van der Waals surface area contributed by atoms with Crippen LogP contribution in [-0.4, -0.2) is 73.1 Å². The highest BCUT2D eigenvalue weighted by atomic mass is 32.2. The number of sulfonamides is 1. The molecule has 1 N–H and O–H groups in total. The van der Waals surface area contributed by atoms with Gasteiger partial charge in [0.05, 0.1) is 11.4 Å². The molecule has 8 nitrogen and oxygen atoms in total. The molecular weight excluding hydrogens is 342 g/mol. The van der Waals surface area contributed by atoms with Crippen molar-refractivity contribution in [2.24, 2.45) is 13.0 Å². The van der Waals surface area contributed by atoms with E-state index in [4.69, 9.17) is 0 Å². The average Bonchev–Trinajstić information content (AvgIpc) is 2.77. The summed E-state index contributed by atoms with van der Waals surface area (Å²) >= 11 is 0. The molecule has 1 aromatic heterocycles. The summed E-state index contributed by atoms with van der Waals surface area (Å²) in [5.41, 5.74) is 1.18. The predicted molar refractivity (Wildman–Crippen MR) is 95.7 cm³/mol. The van der Waals surface area contributed by atoms with E-state index in [0.29, 0.717) is 42.3 Å². The van der Waals surface area contributed by atoms with Crippen LogP contribution in [0.1, 0.15) is 24.7 Å². The van der Waals surface area contributed by atoms with Gasteiger partial charge in [0.2, 0.25) is 15.9 Å². The number of carbonyl (C=O) groups is 1. The van der Waals surface area contributed by atoms with Gasteiger partial charge >= 0.3 is 0 Å². The van der Waals surface area contributed by atoms with E-state index in [1.54, 1.807) is 29.9 Å². The highest BCUT2D eigenvalue weighted by Crippen LogP contribution is 2.28. The topological polar surface area (TPSA) is 87.5 Å². The number of piperidine rings is 1. The lowest BCUT2D eigenvalue weighted by Gasteiger charge is -2.41. The lowest BCUT2D eigenvalue weighted by Crippen LogP contribution is -2.54. The summed E-state index contributed by atoms with van der Waals surface area (Å²) in [5.74, 6) is 0.163. The van der Waals surface area contributed by atoms with Gasteiger partial charge in [-0.05, 0) is 40.3 Å². The number of amides is 1. The molecule has 2 heterocycles. The van der Waals surface area contributed by atoms with Crippen LogP contribution in [0.15, 0.2) is 4.90 Å². The fourth-order valence-electron chi connectivity index (χ4n) is 3.52. The number of hydrogen-bond donors (Lipinski definition) is 1. The second-order valence-corrected chi connectivity index (χ2v) is 8.88. The lowest BCUT2D eigenvalue weighted by atomic mass is 9.92. The summed E-state index contributed by atoms with van der Waals surface area (Å²) in [6, 6.07) is 0.0488. The summed E-state index contributed by atoms with van der Waals surface area (Å²) < 4.78 is 29.5. The number of likely N-dealkylation sites (N-methyl/N-ethyl adjacent to an activating group) is 1. The van der Waals surface area contributed by atoms with Gasteiger partial charge in [0, 0.05) is 39.6 Å². The molecule has 142 valence electrons. The summed E-state index contributed by atoms with van der Waals surface area (Å²) in [5, 5.41) is 7.10. The number of aromatic nitrogens is 2. The van der Waals surface area contributed by atoms with E-state index >= 15 is 0 Å². The number of nitrogens with zero attached hydrogens (tertiary/aromatic N) is 4. The maximum Gasteiger partial charge on any atom is 0.246 e. The molecule has 0 bridgehead atoms. The fraction of sp³-hybridized carbons (Fsp3) is 0.750. The SMILES string of the molecule is CC(=O)NC[C@H]1CCN(S(=O)(=O)c2c(C)nn(C)c2C)C[C@H]1N(C)C. The minimum atomic E-state index is -3.59. The van der Waals surface area contributed by atoms with Crippen LogP contribution >= 0.6 is 0 Å². The minimum Gasteiger partial charge on any atom is -0.356 e. The van der Waals surface area contributed by atoms with Crippen LogP contribution in [0, 0.1) is 19.8 Å². The van der Waals surface area contributed by atoms with Crippen LogP contribution in [0.4, 0.5) is 0 Å². The zero-order valence-corrected chi connectivity index (χ0v) is 16.7. The van der Waals surface area contributed by atoms with Crippen LogP contribution in [-0.2, 0) is 21.9 Å². The Bertz CT molecular complexity index is 741. The third kappa shape index (κ3) is 4.04. The molecule has 9 heteroatoms. The Hall–Kier alpha value is -1.45. The first kappa shape index (κ1) is 19.9. The maximum absolute atomic E-state index is 13.2. The Morgan fingerprint density at radius 3 is 2.48 bits per heavy atom. The molecule has 0 unspecified atom stereocenters. The largest absolute Gasteiger partial charge is 0.356 e. The van der Waals surface area contributed by atoms with Gasteiger partial charge in [-0.3, -0.25) is 9.48 Å². The molecule has 2 atom stereocenters. The van der Waals surface area contributed by atoms with Crippen LogP contribution in [0.25, 0.3) is 0 Å². The third-order valence-corrected chi connectivity index (χ3v) is 7.12. The van der Waals surface area contributed by atoms with Gasteiger partial charge in [-0.1, -0.05) is 0 Å². The monoisotopic (exact) mass is 371 g/mol. The Morgan fingerprint density at radius 2 is 2.00 bits per heavy atom. The van der Waals surface area contributed by atoms with Crippen molar-refractivity contribution in [3.63, 3.8) is 0 Å². The highest BCUT2D eigenvalue weighted by Gasteiger charge is 2.38. The molecule has 25 heavy (non-hydrogen) atoms. The van der Waals surface area contributed by atoms with Crippen molar-refractivity contribution in [1.82, 2.24) is 24.3 Å². The van der Waals surface area contributed by atoms with E-state index in [2.05, 4.69) is 10.4 Å². The number of hydrogen-bond acceptors (Lipinski definition) is 5. The third-order valence-electron chi connectivity index (χ3n) is 5.00. The molecule has 1 amide bonds. The molecule has 1 saturated heterocycles. The van der Waals surface area contributed by atoms with Crippen molar-refractivity contribution in [1.29, 1.82) is 0 Å². The molecule has 0 radical (unpaired) electrons. The Morgan fingerprint density at radius 1 is 1.36 bits per heavy atom. The first-order valence-electron chi connectivity index (χ1n) is 8.47. The molecule has 1 aromatic rings. The Balaban J connectivity index is 2.25. The molecule has 0 aliphatic carbocycles. The van der Waals surface area contributed by atoms with Crippen molar-refractivity contribution < 1.29 is 13.2 Å². The molecule has 0 spiro atoms. The molecule has 2 rings (SSSR count). The summed E-state index contributed by atoms with van der Waals surface area (Å²) in [7, 11) is 2.06. The fourth-order valence-corrected chi connectivity index (χ4v) is 5.40. The number of aryl methyl sites for hydroxylation is 2. The van der Waals surface area contributed by atoms with Crippen molar-refractivity contribution >= 4 is 15.9 Å². The quantitative estimate of drug-likeness (QED) is 0.794. The second kappa shape index (κ2) is 7.43. The van der Waals surface area contributed by atoms with Gasteiger partial charge in [0.1, 0.15) is 4.90 Å². The molecule has 1 fully saturated rings. The van der Waals surface area contributed by atoms with Crippen molar-refractivity contribution in [2.75, 3.05) is 33.7 Å². The van der Waals surface area contributed by atoms with Gasteiger partial charge in [-0.25, -0.2) is 8.42 Å². The first-order chi connectivity index (χ1) is 11.6. The van der Waals surface area contributed by atoms with Gasteiger partial charge in [-0.2, -0.15) is 9.40 Å². The van der Waals surface area contributed by atoms with E-state index in [1.807, 2.05) is 19.0 Å². The van der Waals surface area contributed by atoms with Gasteiger partial charge in [0.25, 0.3) is 0 Å². The normalized spacial score (nSPS) is 22.4. The van der Waals surface area contributed by atoms with E-state index in [9.17, 15) is 13.2 Å². The van der Waals surface area contributed by atoms with E-state index in [0.717, 1.165) is 0 Å². The smallest absolute Gasteiger partial charge is 0.246 e. The van der Waals surface area contributed by atoms with Gasteiger partial charge in [-0.15, -0.1) is 0 Å². The van der Waals surface area contributed by atoms with E-state index < -0.39 is 10.0 Å². The van der Waals surface area contributed by atoms with Crippen LogP contribution in [0.2, 0.25) is 0 Å². The molecule has 1 aliphatic heterocycles. The summed E-state index contributed by atoms with van der Waals surface area (Å²) in [6.07, 6.45) is 0.709. The van der Waals surface area contributed by atoms with E-state index in [-0.39, 0.29) is 17.9 Å². The maximum atomic E-state index is 13.2. The zero-order chi connectivity index (χ0) is 18.9. The van der Waals surface area contributed by atoms with Crippen molar-refractivity contribution in [2.45, 2.75) is 38.1 Å². The Kier molecular flexibility index (Phi) is 5.90. The average molecular weight is 372 g/mol. The molecule has 1 aliphatic rings. The van der Waals surface area contributed by atoms with Crippen LogP contribution in [0.3, 0.4) is 0 Å². The zero-order valence-electron chi connectivity index (χ0n) is 15.9. The molecule has 0 saturated carbocycles. The first-order valence-corrected chi connectivity index (χ1v) is 9.91. The highest BCUT2D eigenvalue weighted by molar-refractivity contribution is 7.89. The minimum absolute atomic E-state index is 0.0488. The van der Waals surface area contributed by atoms with E-state index in [1.165, 1.54) is 6.92 Å². The molecule has 0 aromatic carbocycles. The Labute approximate surface area is 150 Å². The molecular formula is C16H29N5O3S. The van der Waals surface area contributed by atoms with Crippen LogP contribution in [0.5, 0.6) is 0 Å². The number of rotatable bonds is 5.